The van der Waals surface area contributed by atoms with Crippen LogP contribution < -0.4 is 10.0 Å². The second-order valence-electron chi connectivity index (χ2n) is 5.36. The number of rotatable bonds is 4. The zero-order valence-electron chi connectivity index (χ0n) is 13.4. The van der Waals surface area contributed by atoms with Gasteiger partial charge in [0.15, 0.2) is 18.5 Å². The molecule has 0 bridgehead atoms. The molecule has 0 fully saturated rings. The first-order valence-corrected chi connectivity index (χ1v) is 7.59. The van der Waals surface area contributed by atoms with Crippen molar-refractivity contribution in [2.45, 2.75) is 13.0 Å². The summed E-state index contributed by atoms with van der Waals surface area (Å²) in [6, 6.07) is 11.7. The van der Waals surface area contributed by atoms with Crippen molar-refractivity contribution in [3.8, 4) is 0 Å². The van der Waals surface area contributed by atoms with Crippen molar-refractivity contribution in [2.24, 2.45) is 0 Å². The first-order valence-electron chi connectivity index (χ1n) is 7.59. The molecule has 2 heterocycles. The number of anilines is 1. The Hall–Kier alpha value is -3.48. The van der Waals surface area contributed by atoms with Crippen LogP contribution >= 0.6 is 0 Å². The zero-order chi connectivity index (χ0) is 17.8. The lowest BCUT2D eigenvalue weighted by Gasteiger charge is -2.14. The van der Waals surface area contributed by atoms with Crippen LogP contribution in [0.15, 0.2) is 61.1 Å². The molecule has 3 aromatic rings. The van der Waals surface area contributed by atoms with Gasteiger partial charge in [-0.1, -0.05) is 6.07 Å². The van der Waals surface area contributed by atoms with Crippen LogP contribution in [0, 0.1) is 5.21 Å². The van der Waals surface area contributed by atoms with E-state index in [4.69, 9.17) is 4.74 Å². The molecular weight excluding hydrogens is 322 g/mol. The van der Waals surface area contributed by atoms with E-state index in [0.29, 0.717) is 10.4 Å². The van der Waals surface area contributed by atoms with Gasteiger partial charge in [0.25, 0.3) is 5.91 Å². The van der Waals surface area contributed by atoms with E-state index in [2.05, 4.69) is 10.3 Å². The Bertz CT molecular complexity index is 920. The normalized spacial score (nSPS) is 11.7. The smallest absolute Gasteiger partial charge is 0.339 e. The number of pyridine rings is 2. The highest BCUT2D eigenvalue weighted by atomic mass is 16.5. The first-order chi connectivity index (χ1) is 12.0. The summed E-state index contributed by atoms with van der Waals surface area (Å²) in [5.74, 6) is -1.14. The van der Waals surface area contributed by atoms with Crippen molar-refractivity contribution in [3.63, 3.8) is 0 Å². The number of ether oxygens (including phenoxy) is 1. The predicted octanol–water partition coefficient (Wildman–Crippen LogP) is 2.05. The molecule has 0 spiro atoms. The van der Waals surface area contributed by atoms with E-state index < -0.39 is 18.0 Å². The van der Waals surface area contributed by atoms with Crippen molar-refractivity contribution >= 4 is 28.5 Å². The largest absolute Gasteiger partial charge is 0.619 e. The number of hydrogen-bond acceptors (Lipinski definition) is 5. The highest BCUT2D eigenvalue weighted by molar-refractivity contribution is 6.03. The van der Waals surface area contributed by atoms with Gasteiger partial charge >= 0.3 is 5.97 Å². The maximum absolute atomic E-state index is 12.3. The van der Waals surface area contributed by atoms with Crippen LogP contribution in [0.5, 0.6) is 0 Å². The molecule has 2 aromatic heterocycles. The minimum Gasteiger partial charge on any atom is -0.619 e. The van der Waals surface area contributed by atoms with Gasteiger partial charge < -0.3 is 15.3 Å². The Balaban J connectivity index is 1.70. The lowest BCUT2D eigenvalue weighted by Crippen LogP contribution is -2.30. The van der Waals surface area contributed by atoms with Gasteiger partial charge in [-0.15, -0.1) is 0 Å². The number of carbonyl (C=O) groups is 2. The fourth-order valence-electron chi connectivity index (χ4n) is 2.28. The van der Waals surface area contributed by atoms with E-state index in [9.17, 15) is 14.8 Å². The second kappa shape index (κ2) is 6.96. The molecule has 1 atom stereocenters. The number of hydrogen-bond donors (Lipinski definition) is 1. The molecule has 1 aromatic carbocycles. The van der Waals surface area contributed by atoms with Crippen molar-refractivity contribution in [1.29, 1.82) is 0 Å². The molecule has 0 saturated carbocycles. The number of nitrogens with zero attached hydrogens (tertiary/aromatic N) is 2. The third-order valence-corrected chi connectivity index (χ3v) is 3.59. The fraction of sp³-hybridized carbons (Fsp3) is 0.111. The molecular formula is C18H15N3O4. The molecule has 0 radical (unpaired) electrons. The van der Waals surface area contributed by atoms with Gasteiger partial charge in [0.05, 0.1) is 16.8 Å². The summed E-state index contributed by atoms with van der Waals surface area (Å²) in [5.41, 5.74) is 1.53. The minimum atomic E-state index is -1.00. The minimum absolute atomic E-state index is 0.195. The lowest BCUT2D eigenvalue weighted by molar-refractivity contribution is -0.605. The van der Waals surface area contributed by atoms with Crippen molar-refractivity contribution < 1.29 is 19.1 Å². The highest BCUT2D eigenvalue weighted by Crippen LogP contribution is 2.21. The van der Waals surface area contributed by atoms with E-state index in [0.717, 1.165) is 10.9 Å². The molecule has 7 nitrogen and oxygen atoms in total. The summed E-state index contributed by atoms with van der Waals surface area (Å²) in [7, 11) is 0. The van der Waals surface area contributed by atoms with E-state index >= 15 is 0 Å². The average Bonchev–Trinajstić information content (AvgIpc) is 2.62. The van der Waals surface area contributed by atoms with E-state index in [1.807, 2.05) is 12.1 Å². The molecule has 1 amide bonds. The predicted molar refractivity (Wildman–Crippen MR) is 90.7 cm³/mol. The number of aromatic nitrogens is 2. The number of carbonyl (C=O) groups excluding carboxylic acids is 2. The lowest BCUT2D eigenvalue weighted by atomic mass is 10.2. The second-order valence-corrected chi connectivity index (χ2v) is 5.36. The van der Waals surface area contributed by atoms with E-state index in [1.54, 1.807) is 24.4 Å². The number of benzene rings is 1. The number of amides is 1. The molecule has 7 heteroatoms. The third-order valence-electron chi connectivity index (χ3n) is 3.59. The van der Waals surface area contributed by atoms with Crippen LogP contribution in [-0.2, 0) is 9.53 Å². The molecule has 0 aliphatic carbocycles. The van der Waals surface area contributed by atoms with Gasteiger partial charge in [0, 0.05) is 23.7 Å². The van der Waals surface area contributed by atoms with Crippen LogP contribution in [0.25, 0.3) is 10.9 Å². The molecule has 0 saturated heterocycles. The Kier molecular flexibility index (Phi) is 4.56. The van der Waals surface area contributed by atoms with Gasteiger partial charge in [-0.25, -0.2) is 4.79 Å². The number of nitrogens with one attached hydrogen (secondary N) is 1. The van der Waals surface area contributed by atoms with Gasteiger partial charge in [0.1, 0.15) is 0 Å². The zero-order valence-corrected chi connectivity index (χ0v) is 13.4. The Morgan fingerprint density at radius 3 is 2.68 bits per heavy atom. The fourth-order valence-corrected chi connectivity index (χ4v) is 2.28. The highest BCUT2D eigenvalue weighted by Gasteiger charge is 2.20. The standard InChI is InChI=1S/C18H15N3O4/c1-12(25-18(23)13-7-10-21(24)11-8-13)17(22)20-16-6-2-5-15-14(16)4-3-9-19-15/h2-12H,1H3,(H,20,22)/t12-/m0/s1. The molecule has 3 rings (SSSR count). The third kappa shape index (κ3) is 3.72. The van der Waals surface area contributed by atoms with Crippen LogP contribution in [-0.4, -0.2) is 23.0 Å². The summed E-state index contributed by atoms with van der Waals surface area (Å²) < 4.78 is 5.70. The first kappa shape index (κ1) is 16.4. The van der Waals surface area contributed by atoms with Crippen LogP contribution in [0.3, 0.4) is 0 Å². The van der Waals surface area contributed by atoms with E-state index in [-0.39, 0.29) is 5.56 Å². The number of fused-ring (bicyclic) bond motifs is 1. The Morgan fingerprint density at radius 2 is 1.92 bits per heavy atom. The Labute approximate surface area is 143 Å². The molecule has 126 valence electrons. The van der Waals surface area contributed by atoms with Gasteiger partial charge in [-0.3, -0.25) is 9.78 Å². The molecule has 0 unspecified atom stereocenters. The van der Waals surface area contributed by atoms with Crippen LogP contribution in [0.2, 0.25) is 0 Å². The number of esters is 1. The molecule has 0 aliphatic rings. The topological polar surface area (TPSA) is 95.2 Å². The SMILES string of the molecule is C[C@H](OC(=O)c1cc[n+]([O-])cc1)C(=O)Nc1cccc2ncccc12. The summed E-state index contributed by atoms with van der Waals surface area (Å²) >= 11 is 0. The summed E-state index contributed by atoms with van der Waals surface area (Å²) in [5, 5.41) is 14.5. The van der Waals surface area contributed by atoms with Gasteiger partial charge in [-0.05, 0) is 31.2 Å². The average molecular weight is 337 g/mol. The van der Waals surface area contributed by atoms with E-state index in [1.165, 1.54) is 31.5 Å². The summed E-state index contributed by atoms with van der Waals surface area (Å²) in [6.07, 6.45) is 3.04. The molecule has 25 heavy (non-hydrogen) atoms. The Morgan fingerprint density at radius 1 is 1.16 bits per heavy atom. The summed E-state index contributed by atoms with van der Waals surface area (Å²) in [6.45, 7) is 1.48. The van der Waals surface area contributed by atoms with Crippen molar-refractivity contribution in [3.05, 3.63) is 71.8 Å². The summed E-state index contributed by atoms with van der Waals surface area (Å²) in [4.78, 5) is 28.6. The monoisotopic (exact) mass is 337 g/mol. The quantitative estimate of drug-likeness (QED) is 0.447. The maximum atomic E-state index is 12.3. The molecule has 1 N–H and O–H groups in total. The van der Waals surface area contributed by atoms with Crippen LogP contribution in [0.4, 0.5) is 5.69 Å². The van der Waals surface area contributed by atoms with Gasteiger partial charge in [0.2, 0.25) is 0 Å². The maximum Gasteiger partial charge on any atom is 0.339 e. The van der Waals surface area contributed by atoms with Crippen LogP contribution in [0.1, 0.15) is 17.3 Å². The molecule has 0 aliphatic heterocycles. The van der Waals surface area contributed by atoms with Crippen molar-refractivity contribution in [1.82, 2.24) is 4.98 Å². The van der Waals surface area contributed by atoms with Gasteiger partial charge in [-0.2, -0.15) is 4.73 Å². The van der Waals surface area contributed by atoms with Crippen molar-refractivity contribution in [2.75, 3.05) is 5.32 Å².